The quantitative estimate of drug-likeness (QED) is 0.811. The van der Waals surface area contributed by atoms with Crippen molar-refractivity contribution in [3.05, 3.63) is 35.7 Å². The number of hydrogen-bond acceptors (Lipinski definition) is 4. The second-order valence-corrected chi connectivity index (χ2v) is 3.56. The molecule has 0 aliphatic carbocycles. The van der Waals surface area contributed by atoms with E-state index in [9.17, 15) is 0 Å². The van der Waals surface area contributed by atoms with E-state index in [0.717, 1.165) is 11.6 Å². The predicted octanol–water partition coefficient (Wildman–Crippen LogP) is 1.32. The van der Waals surface area contributed by atoms with Crippen molar-refractivity contribution >= 4 is 5.95 Å². The number of aromatic amines is 1. The molecule has 0 amide bonds. The predicted molar refractivity (Wildman–Crippen MR) is 61.2 cm³/mol. The Morgan fingerprint density at radius 3 is 3.00 bits per heavy atom. The van der Waals surface area contributed by atoms with E-state index >= 15 is 0 Å². The molecular weight excluding hydrogens is 204 g/mol. The Morgan fingerprint density at radius 2 is 2.31 bits per heavy atom. The minimum absolute atomic E-state index is 0.269. The summed E-state index contributed by atoms with van der Waals surface area (Å²) < 4.78 is 5.57. The van der Waals surface area contributed by atoms with Crippen molar-refractivity contribution in [3.8, 4) is 5.75 Å². The number of nitrogen functional groups attached to an aromatic ring is 1. The van der Waals surface area contributed by atoms with E-state index in [1.165, 1.54) is 5.56 Å². The van der Waals surface area contributed by atoms with Crippen LogP contribution in [0.4, 0.5) is 5.95 Å². The third-order valence-corrected chi connectivity index (χ3v) is 2.15. The first-order valence-electron chi connectivity index (χ1n) is 5.10. The van der Waals surface area contributed by atoms with Gasteiger partial charge in [0.15, 0.2) is 0 Å². The molecule has 0 atom stereocenters. The first-order chi connectivity index (χ1) is 7.74. The van der Waals surface area contributed by atoms with Crippen LogP contribution in [0.2, 0.25) is 0 Å². The second kappa shape index (κ2) is 4.65. The van der Waals surface area contributed by atoms with Gasteiger partial charge in [0.1, 0.15) is 11.6 Å². The molecule has 1 heterocycles. The number of nitrogens with one attached hydrogen (secondary N) is 1. The van der Waals surface area contributed by atoms with Crippen LogP contribution in [0.5, 0.6) is 5.75 Å². The molecule has 0 unspecified atom stereocenters. The fourth-order valence-corrected chi connectivity index (χ4v) is 1.39. The minimum atomic E-state index is 0.269. The molecule has 0 saturated heterocycles. The largest absolute Gasteiger partial charge is 0.493 e. The smallest absolute Gasteiger partial charge is 0.239 e. The molecule has 1 aromatic carbocycles. The Kier molecular flexibility index (Phi) is 3.05. The van der Waals surface area contributed by atoms with Crippen LogP contribution in [-0.2, 0) is 6.42 Å². The zero-order valence-corrected chi connectivity index (χ0v) is 9.10. The molecule has 0 spiro atoms. The van der Waals surface area contributed by atoms with Gasteiger partial charge in [0.2, 0.25) is 5.95 Å². The fourth-order valence-electron chi connectivity index (χ4n) is 1.39. The maximum Gasteiger partial charge on any atom is 0.239 e. The molecule has 1 aromatic heterocycles. The van der Waals surface area contributed by atoms with Crippen LogP contribution < -0.4 is 10.5 Å². The summed E-state index contributed by atoms with van der Waals surface area (Å²) in [5.74, 6) is 1.88. The van der Waals surface area contributed by atoms with Crippen molar-refractivity contribution < 1.29 is 4.74 Å². The van der Waals surface area contributed by atoms with Crippen LogP contribution in [0.15, 0.2) is 24.3 Å². The van der Waals surface area contributed by atoms with Gasteiger partial charge in [0.05, 0.1) is 6.61 Å². The Morgan fingerprint density at radius 1 is 1.44 bits per heavy atom. The van der Waals surface area contributed by atoms with E-state index in [4.69, 9.17) is 10.5 Å². The summed E-state index contributed by atoms with van der Waals surface area (Å²) in [6, 6.07) is 7.93. The summed E-state index contributed by atoms with van der Waals surface area (Å²) >= 11 is 0. The lowest BCUT2D eigenvalue weighted by molar-refractivity contribution is 0.319. The molecular formula is C11H14N4O. The summed E-state index contributed by atoms with van der Waals surface area (Å²) in [6.07, 6.45) is 0.665. The topological polar surface area (TPSA) is 76.8 Å². The zero-order valence-electron chi connectivity index (χ0n) is 9.10. The van der Waals surface area contributed by atoms with E-state index in [1.807, 2.05) is 31.2 Å². The number of hydrogen-bond donors (Lipinski definition) is 2. The van der Waals surface area contributed by atoms with Gasteiger partial charge in [0.25, 0.3) is 0 Å². The molecule has 16 heavy (non-hydrogen) atoms. The van der Waals surface area contributed by atoms with Crippen LogP contribution in [0, 0.1) is 6.92 Å². The molecule has 0 saturated carbocycles. The summed E-state index contributed by atoms with van der Waals surface area (Å²) in [5, 5.41) is 6.48. The summed E-state index contributed by atoms with van der Waals surface area (Å²) in [4.78, 5) is 3.99. The lowest BCUT2D eigenvalue weighted by atomic mass is 10.2. The van der Waals surface area contributed by atoms with Crippen molar-refractivity contribution in [2.24, 2.45) is 0 Å². The van der Waals surface area contributed by atoms with E-state index in [0.29, 0.717) is 13.0 Å². The molecule has 0 aliphatic heterocycles. The normalized spacial score (nSPS) is 10.3. The molecule has 0 radical (unpaired) electrons. The van der Waals surface area contributed by atoms with Crippen LogP contribution in [0.1, 0.15) is 11.4 Å². The molecule has 0 bridgehead atoms. The number of rotatable bonds is 4. The molecule has 0 fully saturated rings. The maximum absolute atomic E-state index is 5.57. The van der Waals surface area contributed by atoms with E-state index < -0.39 is 0 Å². The highest BCUT2D eigenvalue weighted by molar-refractivity contribution is 5.27. The molecule has 3 N–H and O–H groups in total. The van der Waals surface area contributed by atoms with Crippen molar-refractivity contribution in [2.75, 3.05) is 12.3 Å². The van der Waals surface area contributed by atoms with Gasteiger partial charge in [-0.3, -0.25) is 5.10 Å². The molecule has 5 heteroatoms. The standard InChI is InChI=1S/C11H14N4O/c1-8-3-2-4-9(7-8)16-6-5-10-13-11(12)15-14-10/h2-4,7H,5-6H2,1H3,(H3,12,13,14,15). The van der Waals surface area contributed by atoms with Gasteiger partial charge in [-0.25, -0.2) is 0 Å². The Labute approximate surface area is 93.7 Å². The first-order valence-corrected chi connectivity index (χ1v) is 5.10. The second-order valence-electron chi connectivity index (χ2n) is 3.56. The van der Waals surface area contributed by atoms with Crippen molar-refractivity contribution in [1.29, 1.82) is 0 Å². The van der Waals surface area contributed by atoms with Gasteiger partial charge in [-0.1, -0.05) is 12.1 Å². The van der Waals surface area contributed by atoms with Crippen LogP contribution in [-0.4, -0.2) is 21.8 Å². The monoisotopic (exact) mass is 218 g/mol. The highest BCUT2D eigenvalue weighted by Gasteiger charge is 2.00. The number of anilines is 1. The molecule has 2 aromatic rings. The number of aryl methyl sites for hydroxylation is 1. The third kappa shape index (κ3) is 2.73. The summed E-state index contributed by atoms with van der Waals surface area (Å²) in [5.41, 5.74) is 6.57. The number of H-pyrrole nitrogens is 1. The van der Waals surface area contributed by atoms with E-state index in [1.54, 1.807) is 0 Å². The van der Waals surface area contributed by atoms with Gasteiger partial charge in [-0.05, 0) is 24.6 Å². The number of benzene rings is 1. The highest BCUT2D eigenvalue weighted by atomic mass is 16.5. The number of ether oxygens (including phenoxy) is 1. The summed E-state index contributed by atoms with van der Waals surface area (Å²) in [7, 11) is 0. The maximum atomic E-state index is 5.57. The first kappa shape index (κ1) is 10.5. The molecule has 0 aliphatic rings. The SMILES string of the molecule is Cc1cccc(OCCc2nc(N)n[nH]2)c1. The number of nitrogens with two attached hydrogens (primary N) is 1. The highest BCUT2D eigenvalue weighted by Crippen LogP contribution is 2.12. The van der Waals surface area contributed by atoms with Crippen LogP contribution in [0.3, 0.4) is 0 Å². The van der Waals surface area contributed by atoms with Crippen molar-refractivity contribution in [2.45, 2.75) is 13.3 Å². The number of nitrogens with zero attached hydrogens (tertiary/aromatic N) is 2. The fraction of sp³-hybridized carbons (Fsp3) is 0.273. The van der Waals surface area contributed by atoms with E-state index in [2.05, 4.69) is 15.2 Å². The molecule has 2 rings (SSSR count). The van der Waals surface area contributed by atoms with Gasteiger partial charge < -0.3 is 10.5 Å². The average Bonchev–Trinajstić information content (AvgIpc) is 2.64. The Balaban J connectivity index is 1.84. The lowest BCUT2D eigenvalue weighted by Gasteiger charge is -2.04. The van der Waals surface area contributed by atoms with Gasteiger partial charge >= 0.3 is 0 Å². The van der Waals surface area contributed by atoms with Crippen molar-refractivity contribution in [1.82, 2.24) is 15.2 Å². The van der Waals surface area contributed by atoms with Crippen molar-refractivity contribution in [3.63, 3.8) is 0 Å². The van der Waals surface area contributed by atoms with E-state index in [-0.39, 0.29) is 5.95 Å². The van der Waals surface area contributed by atoms with Gasteiger partial charge in [-0.2, -0.15) is 4.98 Å². The number of aromatic nitrogens is 3. The van der Waals surface area contributed by atoms with Crippen LogP contribution >= 0.6 is 0 Å². The van der Waals surface area contributed by atoms with Crippen LogP contribution in [0.25, 0.3) is 0 Å². The lowest BCUT2D eigenvalue weighted by Crippen LogP contribution is -2.03. The zero-order chi connectivity index (χ0) is 11.4. The summed E-state index contributed by atoms with van der Waals surface area (Å²) in [6.45, 7) is 2.59. The molecule has 84 valence electrons. The Bertz CT molecular complexity index is 467. The average molecular weight is 218 g/mol. The third-order valence-electron chi connectivity index (χ3n) is 2.15. The molecule has 5 nitrogen and oxygen atoms in total. The van der Waals surface area contributed by atoms with Gasteiger partial charge in [-0.15, -0.1) is 5.10 Å². The van der Waals surface area contributed by atoms with Gasteiger partial charge in [0, 0.05) is 6.42 Å². The minimum Gasteiger partial charge on any atom is -0.493 e. The Hall–Kier alpha value is -2.04.